The minimum atomic E-state index is -3.29. The third-order valence-corrected chi connectivity index (χ3v) is 5.26. The first-order valence-electron chi connectivity index (χ1n) is 6.38. The average molecular weight is 305 g/mol. The van der Waals surface area contributed by atoms with Gasteiger partial charge in [-0.05, 0) is 26.8 Å². The molecule has 1 aromatic heterocycles. The molecule has 0 amide bonds. The lowest BCUT2D eigenvalue weighted by Gasteiger charge is -2.23. The Labute approximate surface area is 119 Å². The van der Waals surface area contributed by atoms with E-state index in [4.69, 9.17) is 0 Å². The molecule has 0 fully saturated rings. The number of sulfonamides is 1. The molecule has 0 saturated carbocycles. The van der Waals surface area contributed by atoms with E-state index in [0.29, 0.717) is 19.0 Å². The first-order valence-corrected chi connectivity index (χ1v) is 8.91. The van der Waals surface area contributed by atoms with Crippen molar-refractivity contribution in [3.05, 3.63) is 16.6 Å². The number of rotatable bonds is 8. The van der Waals surface area contributed by atoms with Crippen molar-refractivity contribution < 1.29 is 8.42 Å². The fourth-order valence-corrected chi connectivity index (χ4v) is 3.95. The summed E-state index contributed by atoms with van der Waals surface area (Å²) in [5.41, 5.74) is -0.654. The lowest BCUT2D eigenvalue weighted by Crippen LogP contribution is -2.42. The molecule has 1 rings (SSSR count). The molecule has 0 spiro atoms. The molecule has 0 atom stereocenters. The lowest BCUT2D eigenvalue weighted by atomic mass is 10.1. The second-order valence-electron chi connectivity index (χ2n) is 5.35. The summed E-state index contributed by atoms with van der Waals surface area (Å²) in [6, 6.07) is 0.377. The van der Waals surface area contributed by atoms with Crippen molar-refractivity contribution in [1.82, 2.24) is 15.0 Å². The van der Waals surface area contributed by atoms with Crippen LogP contribution in [-0.2, 0) is 15.6 Å². The molecule has 0 aromatic carbocycles. The highest BCUT2D eigenvalue weighted by atomic mass is 32.2. The SMILES string of the molecule is CC(C)NCCCS(=O)(=O)NC(C)(C)c1nccs1. The Hall–Kier alpha value is -0.500. The van der Waals surface area contributed by atoms with Gasteiger partial charge in [0.05, 0.1) is 11.3 Å². The monoisotopic (exact) mass is 305 g/mol. The Morgan fingerprint density at radius 2 is 2.11 bits per heavy atom. The van der Waals surface area contributed by atoms with Gasteiger partial charge >= 0.3 is 0 Å². The van der Waals surface area contributed by atoms with Crippen LogP contribution in [-0.4, -0.2) is 31.7 Å². The van der Waals surface area contributed by atoms with Crippen molar-refractivity contribution in [2.24, 2.45) is 0 Å². The van der Waals surface area contributed by atoms with Crippen LogP contribution in [0.5, 0.6) is 0 Å². The number of thiazole rings is 1. The quantitative estimate of drug-likeness (QED) is 0.717. The maximum atomic E-state index is 12.0. The number of nitrogens with one attached hydrogen (secondary N) is 2. The van der Waals surface area contributed by atoms with Crippen LogP contribution in [0.25, 0.3) is 0 Å². The van der Waals surface area contributed by atoms with Crippen LogP contribution in [0, 0.1) is 0 Å². The van der Waals surface area contributed by atoms with Crippen LogP contribution >= 0.6 is 11.3 Å². The van der Waals surface area contributed by atoms with E-state index >= 15 is 0 Å². The second-order valence-corrected chi connectivity index (χ2v) is 8.08. The molecule has 5 nitrogen and oxygen atoms in total. The number of nitrogens with zero attached hydrogens (tertiary/aromatic N) is 1. The van der Waals surface area contributed by atoms with E-state index < -0.39 is 15.6 Å². The molecule has 0 aliphatic carbocycles. The Morgan fingerprint density at radius 3 is 2.63 bits per heavy atom. The van der Waals surface area contributed by atoms with Crippen molar-refractivity contribution in [3.8, 4) is 0 Å². The molecule has 0 bridgehead atoms. The number of hydrogen-bond donors (Lipinski definition) is 2. The molecule has 2 N–H and O–H groups in total. The smallest absolute Gasteiger partial charge is 0.212 e. The zero-order chi connectivity index (χ0) is 14.5. The highest BCUT2D eigenvalue weighted by molar-refractivity contribution is 7.89. The maximum absolute atomic E-state index is 12.0. The zero-order valence-electron chi connectivity index (χ0n) is 11.9. The summed E-state index contributed by atoms with van der Waals surface area (Å²) in [6.45, 7) is 8.44. The molecule has 0 unspecified atom stereocenters. The molecule has 0 radical (unpaired) electrons. The molecule has 0 aliphatic rings. The van der Waals surface area contributed by atoms with Crippen molar-refractivity contribution in [2.45, 2.75) is 45.7 Å². The molecule has 1 aromatic rings. The van der Waals surface area contributed by atoms with E-state index in [9.17, 15) is 8.42 Å². The maximum Gasteiger partial charge on any atom is 0.212 e. The topological polar surface area (TPSA) is 71.1 Å². The first kappa shape index (κ1) is 16.6. The Kier molecular flexibility index (Phi) is 5.91. The normalized spacial score (nSPS) is 13.1. The van der Waals surface area contributed by atoms with E-state index in [1.807, 2.05) is 33.1 Å². The fraction of sp³-hybridized carbons (Fsp3) is 0.750. The zero-order valence-corrected chi connectivity index (χ0v) is 13.6. The van der Waals surface area contributed by atoms with Gasteiger partial charge in [-0.15, -0.1) is 11.3 Å². The largest absolute Gasteiger partial charge is 0.314 e. The molecule has 0 aliphatic heterocycles. The summed E-state index contributed by atoms with van der Waals surface area (Å²) in [6.07, 6.45) is 2.28. The molecule has 1 heterocycles. The van der Waals surface area contributed by atoms with Crippen LogP contribution in [0.1, 0.15) is 39.1 Å². The molecule has 7 heteroatoms. The van der Waals surface area contributed by atoms with Crippen molar-refractivity contribution in [2.75, 3.05) is 12.3 Å². The van der Waals surface area contributed by atoms with Crippen LogP contribution < -0.4 is 10.0 Å². The van der Waals surface area contributed by atoms with E-state index in [-0.39, 0.29) is 5.75 Å². The second kappa shape index (κ2) is 6.78. The van der Waals surface area contributed by atoms with Gasteiger partial charge in [0.2, 0.25) is 10.0 Å². The number of hydrogen-bond acceptors (Lipinski definition) is 5. The number of aromatic nitrogens is 1. The highest BCUT2D eigenvalue weighted by Crippen LogP contribution is 2.22. The molecule has 110 valence electrons. The van der Waals surface area contributed by atoms with Gasteiger partial charge < -0.3 is 5.32 Å². The summed E-state index contributed by atoms with van der Waals surface area (Å²) in [4.78, 5) is 4.17. The predicted octanol–water partition coefficient (Wildman–Crippen LogP) is 1.69. The first-order chi connectivity index (χ1) is 8.73. The van der Waals surface area contributed by atoms with Gasteiger partial charge in [0.1, 0.15) is 5.01 Å². The highest BCUT2D eigenvalue weighted by Gasteiger charge is 2.28. The fourth-order valence-electron chi connectivity index (χ4n) is 1.67. The third-order valence-electron chi connectivity index (χ3n) is 2.52. The van der Waals surface area contributed by atoms with Crippen LogP contribution in [0.2, 0.25) is 0 Å². The standard InChI is InChI=1S/C12H23N3O2S2/c1-10(2)13-6-5-9-19(16,17)15-12(3,4)11-14-7-8-18-11/h7-8,10,13,15H,5-6,9H2,1-4H3. The predicted molar refractivity (Wildman–Crippen MR) is 79.8 cm³/mol. The van der Waals surface area contributed by atoms with Crippen molar-refractivity contribution in [3.63, 3.8) is 0 Å². The van der Waals surface area contributed by atoms with Gasteiger partial charge in [-0.25, -0.2) is 18.1 Å². The molecular weight excluding hydrogens is 282 g/mol. The van der Waals surface area contributed by atoms with E-state index in [2.05, 4.69) is 15.0 Å². The van der Waals surface area contributed by atoms with Crippen LogP contribution in [0.15, 0.2) is 11.6 Å². The molecular formula is C12H23N3O2S2. The minimum Gasteiger partial charge on any atom is -0.314 e. The van der Waals surface area contributed by atoms with E-state index in [1.54, 1.807) is 6.20 Å². The molecule has 0 saturated heterocycles. The molecule has 19 heavy (non-hydrogen) atoms. The summed E-state index contributed by atoms with van der Waals surface area (Å²) in [7, 11) is -3.29. The Balaban J connectivity index is 2.50. The minimum absolute atomic E-state index is 0.127. The third kappa shape index (κ3) is 5.99. The van der Waals surface area contributed by atoms with Gasteiger partial charge in [-0.3, -0.25) is 0 Å². The van der Waals surface area contributed by atoms with Crippen LogP contribution in [0.3, 0.4) is 0 Å². The average Bonchev–Trinajstić information content (AvgIpc) is 2.76. The van der Waals surface area contributed by atoms with Crippen LogP contribution in [0.4, 0.5) is 0 Å². The Morgan fingerprint density at radius 1 is 1.42 bits per heavy atom. The van der Waals surface area contributed by atoms with E-state index in [1.165, 1.54) is 11.3 Å². The van der Waals surface area contributed by atoms with Gasteiger partial charge in [-0.2, -0.15) is 0 Å². The van der Waals surface area contributed by atoms with Gasteiger partial charge in [0, 0.05) is 17.6 Å². The van der Waals surface area contributed by atoms with Gasteiger partial charge in [0.25, 0.3) is 0 Å². The Bertz CT molecular complexity index is 467. The van der Waals surface area contributed by atoms with E-state index in [0.717, 1.165) is 5.01 Å². The van der Waals surface area contributed by atoms with Crippen molar-refractivity contribution >= 4 is 21.4 Å². The lowest BCUT2D eigenvalue weighted by molar-refractivity contribution is 0.468. The summed E-state index contributed by atoms with van der Waals surface area (Å²) in [5, 5.41) is 5.83. The summed E-state index contributed by atoms with van der Waals surface area (Å²) < 4.78 is 26.8. The summed E-state index contributed by atoms with van der Waals surface area (Å²) >= 11 is 1.45. The van der Waals surface area contributed by atoms with Gasteiger partial charge in [0.15, 0.2) is 0 Å². The summed E-state index contributed by atoms with van der Waals surface area (Å²) in [5.74, 6) is 0.127. The van der Waals surface area contributed by atoms with Crippen molar-refractivity contribution in [1.29, 1.82) is 0 Å². The van der Waals surface area contributed by atoms with Gasteiger partial charge in [-0.1, -0.05) is 13.8 Å².